The molecule has 0 radical (unpaired) electrons. The van der Waals surface area contributed by atoms with Crippen LogP contribution in [0, 0.1) is 0 Å². The molecular weight excluding hydrogens is 294 g/mol. The number of ether oxygens (including phenoxy) is 2. The minimum absolute atomic E-state index is 0.0838. The molecule has 0 atom stereocenters. The topological polar surface area (TPSA) is 67.8 Å². The number of halogens is 1. The van der Waals surface area contributed by atoms with Gasteiger partial charge in [-0.3, -0.25) is 4.79 Å². The maximum atomic E-state index is 12.2. The van der Waals surface area contributed by atoms with E-state index in [1.54, 1.807) is 30.3 Å². The van der Waals surface area contributed by atoms with Crippen LogP contribution in [-0.4, -0.2) is 17.8 Å². The quantitative estimate of drug-likeness (QED) is 0.915. The average molecular weight is 306 g/mol. The number of amides is 1. The maximum Gasteiger partial charge on any atom is 0.255 e. The van der Waals surface area contributed by atoms with Gasteiger partial charge in [0.15, 0.2) is 11.5 Å². The average Bonchev–Trinajstić information content (AvgIpc) is 2.96. The molecule has 1 aliphatic heterocycles. The molecule has 2 aromatic carbocycles. The number of hydrogen-bond acceptors (Lipinski definition) is 4. The van der Waals surface area contributed by atoms with Crippen LogP contribution in [0.1, 0.15) is 15.9 Å². The largest absolute Gasteiger partial charge is 0.454 e. The number of benzene rings is 2. The molecule has 6 heteroatoms. The lowest BCUT2D eigenvalue weighted by atomic mass is 10.1. The molecule has 0 aromatic heterocycles. The Labute approximate surface area is 126 Å². The first-order chi connectivity index (χ1) is 10.2. The maximum absolute atomic E-state index is 12.2. The lowest BCUT2D eigenvalue weighted by Crippen LogP contribution is -2.12. The summed E-state index contributed by atoms with van der Waals surface area (Å²) < 4.78 is 10.4. The van der Waals surface area contributed by atoms with Gasteiger partial charge in [-0.2, -0.15) is 0 Å². The second kappa shape index (κ2) is 5.63. The molecule has 5 nitrogen and oxygen atoms in total. The fraction of sp³-hybridized carbons (Fsp3) is 0.133. The summed E-state index contributed by atoms with van der Waals surface area (Å²) >= 11 is 6.05. The van der Waals surface area contributed by atoms with E-state index < -0.39 is 0 Å². The van der Waals surface area contributed by atoms with Crippen molar-refractivity contribution >= 4 is 23.2 Å². The van der Waals surface area contributed by atoms with Crippen LogP contribution in [0.5, 0.6) is 11.5 Å². The van der Waals surface area contributed by atoms with Gasteiger partial charge in [0, 0.05) is 11.3 Å². The summed E-state index contributed by atoms with van der Waals surface area (Å²) in [5.74, 6) is 0.595. The van der Waals surface area contributed by atoms with Crippen LogP contribution >= 0.6 is 11.6 Å². The van der Waals surface area contributed by atoms with E-state index in [2.05, 4.69) is 5.32 Å². The highest BCUT2D eigenvalue weighted by molar-refractivity contribution is 6.32. The van der Waals surface area contributed by atoms with E-state index in [1.165, 1.54) is 6.07 Å². The molecule has 0 bridgehead atoms. The SMILES string of the molecule is O=C(Nc1cccc(CO)c1)c1cc(Cl)c2c(c1)OCO2. The molecule has 1 aliphatic rings. The molecule has 108 valence electrons. The van der Waals surface area contributed by atoms with E-state index in [0.29, 0.717) is 27.8 Å². The summed E-state index contributed by atoms with van der Waals surface area (Å²) in [6.45, 7) is 0.0121. The van der Waals surface area contributed by atoms with Crippen LogP contribution in [0.3, 0.4) is 0 Å². The van der Waals surface area contributed by atoms with Crippen LogP contribution in [-0.2, 0) is 6.61 Å². The number of nitrogens with one attached hydrogen (secondary N) is 1. The second-order valence-corrected chi connectivity index (χ2v) is 4.91. The zero-order valence-corrected chi connectivity index (χ0v) is 11.7. The lowest BCUT2D eigenvalue weighted by Gasteiger charge is -2.08. The van der Waals surface area contributed by atoms with Crippen molar-refractivity contribution in [2.45, 2.75) is 6.61 Å². The summed E-state index contributed by atoms with van der Waals surface area (Å²) in [5, 5.41) is 12.2. The Kier molecular flexibility index (Phi) is 3.68. The number of hydrogen-bond donors (Lipinski definition) is 2. The molecule has 3 rings (SSSR count). The van der Waals surface area contributed by atoms with Crippen LogP contribution < -0.4 is 14.8 Å². The predicted octanol–water partition coefficient (Wildman–Crippen LogP) is 2.81. The van der Waals surface area contributed by atoms with Gasteiger partial charge in [-0.05, 0) is 29.8 Å². The van der Waals surface area contributed by atoms with Crippen LogP contribution in [0.2, 0.25) is 5.02 Å². The highest BCUT2D eigenvalue weighted by Crippen LogP contribution is 2.39. The first kappa shape index (κ1) is 13.7. The van der Waals surface area contributed by atoms with E-state index in [1.807, 2.05) is 0 Å². The van der Waals surface area contributed by atoms with Crippen molar-refractivity contribution in [3.63, 3.8) is 0 Å². The van der Waals surface area contributed by atoms with Crippen molar-refractivity contribution in [1.29, 1.82) is 0 Å². The molecule has 2 aromatic rings. The summed E-state index contributed by atoms with van der Waals surface area (Å²) in [5.41, 5.74) is 1.69. The van der Waals surface area contributed by atoms with Crippen molar-refractivity contribution in [2.75, 3.05) is 12.1 Å². The van der Waals surface area contributed by atoms with Gasteiger partial charge in [0.25, 0.3) is 5.91 Å². The van der Waals surface area contributed by atoms with Crippen molar-refractivity contribution in [1.82, 2.24) is 0 Å². The lowest BCUT2D eigenvalue weighted by molar-refractivity contribution is 0.102. The molecule has 0 fully saturated rings. The van der Waals surface area contributed by atoms with Crippen LogP contribution in [0.25, 0.3) is 0 Å². The number of anilines is 1. The van der Waals surface area contributed by atoms with Gasteiger partial charge in [-0.25, -0.2) is 0 Å². The molecular formula is C15H12ClNO4. The van der Waals surface area contributed by atoms with E-state index in [9.17, 15) is 4.79 Å². The molecule has 0 unspecified atom stereocenters. The van der Waals surface area contributed by atoms with Crippen LogP contribution in [0.4, 0.5) is 5.69 Å². The Morgan fingerprint density at radius 2 is 2.14 bits per heavy atom. The predicted molar refractivity (Wildman–Crippen MR) is 77.9 cm³/mol. The number of carbonyl (C=O) groups is 1. The Morgan fingerprint density at radius 1 is 1.29 bits per heavy atom. The standard InChI is InChI=1S/C15H12ClNO4/c16-12-5-10(6-13-14(12)21-8-20-13)15(19)17-11-3-1-2-9(4-11)7-18/h1-6,18H,7-8H2,(H,17,19). The Bertz CT molecular complexity index is 702. The van der Waals surface area contributed by atoms with Gasteiger partial charge in [0.1, 0.15) is 0 Å². The Morgan fingerprint density at radius 3 is 2.95 bits per heavy atom. The van der Waals surface area contributed by atoms with Crippen molar-refractivity contribution < 1.29 is 19.4 Å². The first-order valence-corrected chi connectivity index (χ1v) is 6.65. The zero-order chi connectivity index (χ0) is 14.8. The normalized spacial score (nSPS) is 12.3. The van der Waals surface area contributed by atoms with Crippen molar-refractivity contribution in [2.24, 2.45) is 0 Å². The molecule has 2 N–H and O–H groups in total. The monoisotopic (exact) mass is 305 g/mol. The zero-order valence-electron chi connectivity index (χ0n) is 10.9. The Hall–Kier alpha value is -2.24. The third-order valence-corrected chi connectivity index (χ3v) is 3.34. The summed E-state index contributed by atoms with van der Waals surface area (Å²) in [4.78, 5) is 12.2. The highest BCUT2D eigenvalue weighted by atomic mass is 35.5. The smallest absolute Gasteiger partial charge is 0.255 e. The van der Waals surface area contributed by atoms with Gasteiger partial charge >= 0.3 is 0 Å². The van der Waals surface area contributed by atoms with Gasteiger partial charge in [0.05, 0.1) is 11.6 Å². The van der Waals surface area contributed by atoms with Gasteiger partial charge in [-0.1, -0.05) is 23.7 Å². The highest BCUT2D eigenvalue weighted by Gasteiger charge is 2.20. The summed E-state index contributed by atoms with van der Waals surface area (Å²) in [7, 11) is 0. The van der Waals surface area contributed by atoms with Crippen molar-refractivity contribution in [3.05, 3.63) is 52.5 Å². The molecule has 0 saturated carbocycles. The van der Waals surface area contributed by atoms with E-state index in [4.69, 9.17) is 26.2 Å². The van der Waals surface area contributed by atoms with Gasteiger partial charge in [0.2, 0.25) is 6.79 Å². The minimum Gasteiger partial charge on any atom is -0.454 e. The third kappa shape index (κ3) is 2.79. The molecule has 0 saturated heterocycles. The van der Waals surface area contributed by atoms with E-state index in [-0.39, 0.29) is 19.3 Å². The number of rotatable bonds is 3. The van der Waals surface area contributed by atoms with E-state index in [0.717, 1.165) is 5.56 Å². The number of aliphatic hydroxyl groups is 1. The minimum atomic E-state index is -0.315. The first-order valence-electron chi connectivity index (χ1n) is 6.27. The Balaban J connectivity index is 1.84. The summed E-state index contributed by atoms with van der Waals surface area (Å²) in [6, 6.07) is 10.1. The molecule has 0 spiro atoms. The fourth-order valence-corrected chi connectivity index (χ4v) is 2.31. The van der Waals surface area contributed by atoms with E-state index >= 15 is 0 Å². The molecule has 1 amide bonds. The van der Waals surface area contributed by atoms with Crippen molar-refractivity contribution in [3.8, 4) is 11.5 Å². The van der Waals surface area contributed by atoms with Gasteiger partial charge in [-0.15, -0.1) is 0 Å². The number of carbonyl (C=O) groups excluding carboxylic acids is 1. The third-order valence-electron chi connectivity index (χ3n) is 3.06. The number of fused-ring (bicyclic) bond motifs is 1. The molecule has 0 aliphatic carbocycles. The second-order valence-electron chi connectivity index (χ2n) is 4.50. The molecule has 1 heterocycles. The number of aliphatic hydroxyl groups excluding tert-OH is 1. The molecule has 21 heavy (non-hydrogen) atoms. The summed E-state index contributed by atoms with van der Waals surface area (Å²) in [6.07, 6.45) is 0. The van der Waals surface area contributed by atoms with Gasteiger partial charge < -0.3 is 19.9 Å². The fourth-order valence-electron chi connectivity index (χ4n) is 2.05. The van der Waals surface area contributed by atoms with Crippen LogP contribution in [0.15, 0.2) is 36.4 Å².